The number of esters is 4. The van der Waals surface area contributed by atoms with Gasteiger partial charge < -0.3 is 39.1 Å². The van der Waals surface area contributed by atoms with Gasteiger partial charge in [-0.2, -0.15) is 0 Å². The van der Waals surface area contributed by atoms with Crippen LogP contribution in [0.2, 0.25) is 23.3 Å². The Kier molecular flexibility index (Phi) is 19.4. The van der Waals surface area contributed by atoms with E-state index in [4.69, 9.17) is 28.9 Å². The van der Waals surface area contributed by atoms with Crippen molar-refractivity contribution in [3.63, 3.8) is 0 Å². The smallest absolute Gasteiger partial charge is 0.303 e. The van der Waals surface area contributed by atoms with E-state index < -0.39 is 71.3 Å². The molecule has 6 atom stereocenters. The Bertz CT molecular complexity index is 3090. The van der Waals surface area contributed by atoms with E-state index in [-0.39, 0.29) is 38.9 Å². The van der Waals surface area contributed by atoms with Crippen molar-refractivity contribution in [3.05, 3.63) is 69.3 Å². The number of carboxylic acids is 2. The summed E-state index contributed by atoms with van der Waals surface area (Å²) in [6.07, 6.45) is -2.46. The molecule has 4 saturated heterocycles. The Morgan fingerprint density at radius 1 is 0.474 bits per heavy atom. The second-order valence-corrected chi connectivity index (χ2v) is 19.4. The van der Waals surface area contributed by atoms with E-state index in [0.29, 0.717) is 89.4 Å². The van der Waals surface area contributed by atoms with Crippen LogP contribution in [-0.4, -0.2) is 221 Å². The largest absolute Gasteiger partial charge is 0.481 e. The van der Waals surface area contributed by atoms with Crippen LogP contribution in [-0.2, 0) is 47.7 Å². The van der Waals surface area contributed by atoms with Gasteiger partial charge in [0.2, 0.25) is 0 Å². The highest BCUT2D eigenvalue weighted by molar-refractivity contribution is 7.70. The number of ether oxygens (including phenoxy) is 4. The molecule has 6 aliphatic heterocycles. The maximum absolute atomic E-state index is 14.5. The molecule has 0 aromatic carbocycles. The van der Waals surface area contributed by atoms with E-state index >= 15 is 0 Å². The number of cyclic esters (lactones) is 4. The van der Waals surface area contributed by atoms with Gasteiger partial charge in [0.25, 0.3) is 11.9 Å². The topological polar surface area (TPSA) is 237 Å². The molecular formula is C42H38B20N4O12. The lowest BCUT2D eigenvalue weighted by Crippen LogP contribution is -2.43. The Hall–Kier alpha value is -5.28. The summed E-state index contributed by atoms with van der Waals surface area (Å²) in [5.41, 5.74) is 8.53. The molecule has 0 spiro atoms. The molecule has 20 radical (unpaired) electrons. The number of nitrogens with zero attached hydrogens (tertiary/aromatic N) is 2. The molecule has 3 aromatic heterocycles. The Morgan fingerprint density at radius 2 is 0.808 bits per heavy atom. The monoisotopic (exact) mass is 1010 g/mol. The van der Waals surface area contributed by atoms with Crippen LogP contribution < -0.4 is 0 Å². The quantitative estimate of drug-likeness (QED) is 0.115. The first kappa shape index (κ1) is 57.4. The van der Waals surface area contributed by atoms with Gasteiger partial charge in [-0.25, -0.2) is 9.97 Å². The molecular weight excluding hydrogens is 969 g/mol. The molecule has 4 fully saturated rings. The zero-order chi connectivity index (χ0) is 55.0. The molecule has 0 amide bonds. The third kappa shape index (κ3) is 13.3. The molecule has 0 aliphatic carbocycles. The SMILES string of the molecule is CC1=C(CCC(=O)O)c2cc3nc(cc4[nH]c(cc5[nH]c(cc1n2)c(C)c5C1COC(=O)C2[B][B][B][B][B][B][B][B][B][B]C2C(=O)O1)c(C)c4C1COC(=O)C2[B][B][B][B][B][B][B][B][B][B]C2C(=O)O1)C(C)=C3CCC(=O)O. The van der Waals surface area contributed by atoms with Crippen LogP contribution in [0.25, 0.3) is 44.4 Å². The zero-order valence-corrected chi connectivity index (χ0v) is 43.4. The molecule has 78 heavy (non-hydrogen) atoms. The Balaban J connectivity index is 1.24. The predicted molar refractivity (Wildman–Crippen MR) is 319 cm³/mol. The van der Waals surface area contributed by atoms with Crippen molar-refractivity contribution in [2.24, 2.45) is 0 Å². The lowest BCUT2D eigenvalue weighted by molar-refractivity contribution is -0.165. The van der Waals surface area contributed by atoms with Crippen LogP contribution in [0.15, 0.2) is 24.3 Å². The second kappa shape index (κ2) is 26.3. The number of fused-ring (bicyclic) bond motifs is 10. The van der Waals surface area contributed by atoms with Crippen LogP contribution in [0.5, 0.6) is 0 Å². The van der Waals surface area contributed by atoms with Crippen LogP contribution in [0.3, 0.4) is 0 Å². The molecule has 0 saturated carbocycles. The molecule has 8 bridgehead atoms. The first-order valence-electron chi connectivity index (χ1n) is 25.7. The van der Waals surface area contributed by atoms with E-state index in [0.717, 1.165) is 0 Å². The molecule has 358 valence electrons. The average molecular weight is 1010 g/mol. The Labute approximate surface area is 468 Å². The summed E-state index contributed by atoms with van der Waals surface area (Å²) in [7, 11) is 34.7. The molecule has 36 heteroatoms. The fraction of sp³-hybridized carbons (Fsp3) is 0.381. The van der Waals surface area contributed by atoms with Gasteiger partial charge in [-0.05, 0) is 98.2 Å². The highest BCUT2D eigenvalue weighted by Crippen LogP contribution is 2.42. The third-order valence-corrected chi connectivity index (χ3v) is 14.4. The number of carboxylic acid groups (broad SMARTS) is 2. The van der Waals surface area contributed by atoms with Crippen molar-refractivity contribution in [1.29, 1.82) is 0 Å². The number of aliphatic carboxylic acids is 2. The first-order valence-corrected chi connectivity index (χ1v) is 25.7. The summed E-state index contributed by atoms with van der Waals surface area (Å²) in [6.45, 7) is 6.66. The summed E-state index contributed by atoms with van der Waals surface area (Å²) in [6, 6.07) is 7.14. The number of nitrogens with one attached hydrogen (secondary N) is 2. The maximum Gasteiger partial charge on any atom is 0.303 e. The van der Waals surface area contributed by atoms with E-state index in [2.05, 4.69) is 9.97 Å². The minimum absolute atomic E-state index is 0.114. The van der Waals surface area contributed by atoms with Crippen LogP contribution >= 0.6 is 0 Å². The predicted octanol–water partition coefficient (Wildman–Crippen LogP) is -1.46. The lowest BCUT2D eigenvalue weighted by atomic mass is 8.87. The Morgan fingerprint density at radius 3 is 1.19 bits per heavy atom. The van der Waals surface area contributed by atoms with Gasteiger partial charge >= 0.3 is 23.9 Å². The molecule has 6 unspecified atom stereocenters. The molecule has 9 heterocycles. The maximum atomic E-state index is 14.5. The van der Waals surface area contributed by atoms with Crippen molar-refractivity contribution in [2.75, 3.05) is 13.2 Å². The zero-order valence-electron chi connectivity index (χ0n) is 43.4. The number of carbonyl (C=O) groups excluding carboxylic acids is 4. The normalized spacial score (nSPS) is 22.6. The summed E-state index contributed by atoms with van der Waals surface area (Å²) >= 11 is 0. The highest BCUT2D eigenvalue weighted by Gasteiger charge is 2.42. The number of allylic oxidation sites excluding steroid dienone is 4. The minimum atomic E-state index is -1.16. The average Bonchev–Trinajstić information content (AvgIpc) is 4.08. The summed E-state index contributed by atoms with van der Waals surface area (Å²) in [5, 5.41) is 19.7. The number of carbonyl (C=O) groups is 6. The number of rotatable bonds is 8. The molecule has 16 nitrogen and oxygen atoms in total. The van der Waals surface area contributed by atoms with Crippen LogP contribution in [0.4, 0.5) is 0 Å². The summed E-state index contributed by atoms with van der Waals surface area (Å²) in [5.74, 6) is -8.71. The highest BCUT2D eigenvalue weighted by atomic mass is 16.6. The lowest BCUT2D eigenvalue weighted by Gasteiger charge is -2.31. The molecule has 6 aliphatic rings. The van der Waals surface area contributed by atoms with Gasteiger partial charge in [-0.3, -0.25) is 28.8 Å². The standard InChI is InChI=1S/C42H38B20N4O12/c1-15-19(5-7-31(67)68)25-12-26-20(6-8-32(69)70)16(2)22(64-26)10-27-34(30-14-76-40(72)36-38(42(74)78-30)46-50-54-58-62-60-56-52-48-44-36)18(4)24(66-27)11-28-33(17(3)23(65-28)9-21(15)63-25)29-13-75-39(71)35-37(41(73)77-29)45-49-53-57-61-59-55-51-47-43-35/h9-12,29-30,35-38,65-66H,5-8,13-14H2,1-4H3,(H,67,68)(H,69,70). The number of aromatic amines is 2. The van der Waals surface area contributed by atoms with E-state index in [1.807, 2.05) is 62.0 Å². The van der Waals surface area contributed by atoms with E-state index in [1.165, 1.54) is 0 Å². The van der Waals surface area contributed by atoms with Gasteiger partial charge in [0.05, 0.1) is 51.5 Å². The van der Waals surface area contributed by atoms with Gasteiger partial charge in [0.1, 0.15) is 13.2 Å². The fourth-order valence-corrected chi connectivity index (χ4v) is 10.3. The molecule has 3 aromatic rings. The summed E-state index contributed by atoms with van der Waals surface area (Å²) < 4.78 is 24.8. The minimum Gasteiger partial charge on any atom is -0.481 e. The summed E-state index contributed by atoms with van der Waals surface area (Å²) in [4.78, 5) is 98.3. The molecule has 4 N–H and O–H groups in total. The number of aromatic nitrogens is 4. The number of hydrogen-bond donors (Lipinski definition) is 4. The second-order valence-electron chi connectivity index (χ2n) is 19.4. The third-order valence-electron chi connectivity index (χ3n) is 14.4. The van der Waals surface area contributed by atoms with Crippen molar-refractivity contribution >= 4 is 222 Å². The number of hydrogen-bond acceptors (Lipinski definition) is 12. The van der Waals surface area contributed by atoms with Crippen molar-refractivity contribution < 1.29 is 57.9 Å². The van der Waals surface area contributed by atoms with Gasteiger partial charge in [-0.1, -0.05) is 0 Å². The molecule has 9 rings (SSSR count). The first-order chi connectivity index (χ1) is 37.7. The van der Waals surface area contributed by atoms with Crippen molar-refractivity contribution in [3.8, 4) is 0 Å². The van der Waals surface area contributed by atoms with Crippen molar-refractivity contribution in [1.82, 2.24) is 19.9 Å². The van der Waals surface area contributed by atoms with E-state index in [1.54, 1.807) is 132 Å². The van der Waals surface area contributed by atoms with E-state index in [9.17, 15) is 39.0 Å². The number of H-pyrrole nitrogens is 2. The van der Waals surface area contributed by atoms with Crippen molar-refractivity contribution in [2.45, 2.75) is 88.9 Å². The number of aryl methyl sites for hydroxylation is 2. The van der Waals surface area contributed by atoms with Gasteiger partial charge in [-0.15, -0.1) is 0 Å². The van der Waals surface area contributed by atoms with Gasteiger partial charge in [0, 0.05) is 182 Å². The fourth-order valence-electron chi connectivity index (χ4n) is 10.3. The van der Waals surface area contributed by atoms with Crippen LogP contribution in [0.1, 0.15) is 96.8 Å². The van der Waals surface area contributed by atoms with Crippen LogP contribution in [0, 0.1) is 13.8 Å². The van der Waals surface area contributed by atoms with Gasteiger partial charge in [0.15, 0.2) is 12.2 Å².